The molecule has 142 heavy (non-hydrogen) atoms. The topological polar surface area (TPSA) is 374 Å². The number of halogens is 8. The van der Waals surface area contributed by atoms with Crippen LogP contribution in [0.2, 0.25) is 20.1 Å². The van der Waals surface area contributed by atoms with Gasteiger partial charge in [0, 0.05) is 44.3 Å². The van der Waals surface area contributed by atoms with Crippen LogP contribution in [0.5, 0.6) is 0 Å². The number of aromatic nitrogens is 8. The number of hydroxylamine groups is 4. The van der Waals surface area contributed by atoms with Crippen LogP contribution in [-0.2, 0) is 84.4 Å². The first-order valence-electron chi connectivity index (χ1n) is 45.1. The van der Waals surface area contributed by atoms with Crippen LogP contribution >= 0.6 is 46.4 Å². The Balaban J connectivity index is 0.000000130. The van der Waals surface area contributed by atoms with Crippen LogP contribution in [0.3, 0.4) is 0 Å². The summed E-state index contributed by atoms with van der Waals surface area (Å²) in [5, 5.41) is 16.0. The van der Waals surface area contributed by atoms with Crippen LogP contribution in [0.25, 0.3) is 21.8 Å². The van der Waals surface area contributed by atoms with Gasteiger partial charge in [0.1, 0.15) is 64.0 Å². The highest BCUT2D eigenvalue weighted by Gasteiger charge is 2.40. The smallest absolute Gasteiger partial charge is 0.230 e. The molecule has 2 fully saturated rings. The first-order chi connectivity index (χ1) is 68.0. The fraction of sp³-hybridized carbons (Fsp3) is 0.255. The molecule has 4 aliphatic heterocycles. The molecule has 10 aromatic carbocycles. The second-order valence-electron chi connectivity index (χ2n) is 35.1. The van der Waals surface area contributed by atoms with Crippen LogP contribution in [0.1, 0.15) is 138 Å². The van der Waals surface area contributed by atoms with Gasteiger partial charge in [-0.15, -0.1) is 20.4 Å². The molecule has 0 saturated heterocycles. The lowest BCUT2D eigenvalue weighted by atomic mass is 9.99. The number of aliphatic imine (C=N–C) groups is 4. The van der Waals surface area contributed by atoms with E-state index in [-0.39, 0.29) is 120 Å². The Morgan fingerprint density at radius 3 is 1.01 bits per heavy atom. The fourth-order valence-corrected chi connectivity index (χ4v) is 23.6. The fourth-order valence-electron chi connectivity index (χ4n) is 16.8. The van der Waals surface area contributed by atoms with Gasteiger partial charge in [-0.1, -0.05) is 191 Å². The molecule has 0 amide bonds. The van der Waals surface area contributed by atoms with E-state index in [4.69, 9.17) is 80.7 Å². The lowest BCUT2D eigenvalue weighted by Gasteiger charge is -2.24. The van der Waals surface area contributed by atoms with Gasteiger partial charge in [-0.25, -0.2) is 83.1 Å². The lowest BCUT2D eigenvalue weighted by Crippen LogP contribution is -2.38. The summed E-state index contributed by atoms with van der Waals surface area (Å²) < 4.78 is 169. The van der Waals surface area contributed by atoms with Crippen molar-refractivity contribution in [3.05, 3.63) is 351 Å². The predicted molar refractivity (Wildman–Crippen MR) is 531 cm³/mol. The first kappa shape index (κ1) is 101. The molecule has 4 atom stereocenters. The van der Waals surface area contributed by atoms with Crippen LogP contribution in [0, 0.1) is 78.7 Å². The Morgan fingerprint density at radius 2 is 0.648 bits per heavy atom. The summed E-state index contributed by atoms with van der Waals surface area (Å²) in [7, 11) is -17.5. The number of aryl methyl sites for hydroxylation is 8. The summed E-state index contributed by atoms with van der Waals surface area (Å²) in [6, 6.07) is 53.6. The molecule has 4 N–H and O–H groups in total. The van der Waals surface area contributed by atoms with Crippen LogP contribution in [-0.4, -0.2) is 148 Å². The minimum absolute atomic E-state index is 0.0356. The van der Waals surface area contributed by atoms with Gasteiger partial charge in [0.2, 0.25) is 49.4 Å². The van der Waals surface area contributed by atoms with Crippen molar-refractivity contribution >= 4 is 131 Å². The van der Waals surface area contributed by atoms with Crippen LogP contribution in [0.15, 0.2) is 266 Å². The molecular formula is C102H92Cl4F4N16O12S4. The maximum Gasteiger partial charge on any atom is 0.230 e. The third-order valence-corrected chi connectivity index (χ3v) is 32.5. The molecule has 40 heteroatoms. The zero-order valence-electron chi connectivity index (χ0n) is 77.5. The van der Waals surface area contributed by atoms with E-state index in [1.807, 2.05) is 82.3 Å². The quantitative estimate of drug-likeness (QED) is 0.0458. The Bertz CT molecular complexity index is 7970. The van der Waals surface area contributed by atoms with Crippen molar-refractivity contribution in [3.63, 3.8) is 0 Å². The van der Waals surface area contributed by atoms with E-state index < -0.39 is 87.4 Å². The van der Waals surface area contributed by atoms with Gasteiger partial charge in [-0.3, -0.25) is 49.3 Å². The summed E-state index contributed by atoms with van der Waals surface area (Å²) >= 11 is 24.4. The zero-order valence-corrected chi connectivity index (χ0v) is 83.8. The van der Waals surface area contributed by atoms with E-state index >= 15 is 8.78 Å². The van der Waals surface area contributed by atoms with E-state index in [0.717, 1.165) is 70.7 Å². The second-order valence-corrected chi connectivity index (χ2v) is 44.2. The molecule has 2 aliphatic carbocycles. The number of para-hydroxylation sites is 2. The molecule has 28 nitrogen and oxygen atoms in total. The Kier molecular flexibility index (Phi) is 30.2. The maximum atomic E-state index is 15.5. The van der Waals surface area contributed by atoms with E-state index in [0.29, 0.717) is 93.3 Å². The second kappa shape index (κ2) is 42.5. The average molecular weight is 2080 g/mol. The molecule has 0 radical (unpaired) electrons. The number of hydrogen-bond acceptors (Lipinski definition) is 28. The molecule has 0 spiro atoms. The summed E-state index contributed by atoms with van der Waals surface area (Å²) in [5.41, 5.74) is 24.1. The number of nitrogens with one attached hydrogen (secondary N) is 4. The Labute approximate surface area is 836 Å². The molecule has 4 unspecified atom stereocenters. The summed E-state index contributed by atoms with van der Waals surface area (Å²) in [6.45, 7) is 16.3. The third kappa shape index (κ3) is 22.1. The number of hydrogen-bond donors (Lipinski definition) is 4. The number of pyridine rings is 2. The van der Waals surface area contributed by atoms with Crippen molar-refractivity contribution in [1.82, 2.24) is 62.3 Å². The predicted octanol–water partition coefficient (Wildman–Crippen LogP) is 18.5. The number of nitrogens with zero attached hydrogens (tertiary/aromatic N) is 12. The largest absolute Gasteiger partial charge is 0.272 e. The molecule has 8 heterocycles. The molecular weight excluding hydrogens is 1990 g/mol. The highest BCUT2D eigenvalue weighted by atomic mass is 35.5. The first-order valence-corrected chi connectivity index (χ1v) is 52.5. The monoisotopic (exact) mass is 2080 g/mol. The van der Waals surface area contributed by atoms with E-state index in [2.05, 4.69) is 111 Å². The Morgan fingerprint density at radius 1 is 0.331 bits per heavy atom. The number of fused-ring (bicyclic) bond motifs is 2. The SMILES string of the molecule is Cc1ccc(CC2CONC(c3c(S(=O)(=O)c4cccc(C5CC5)c4F)cnc4ccccc34)=N2)c(C)c1.Cc1ccc(CC2CONC(c3c(S(=O)(=O)c4cccc(Cl)c4F)cnc4ccccc34)=N2)c(Cl)c1.Cc1ccc(CC2CONC(c3nc(C)nnc3S(=O)(=O)c3cccc(C4CC4)c3F)=N2)c(C)c1.Cc1ccc(CC2CONC(c3nc(C)nnc3S(=O)(=O)c3cccc(Cl)c3F)=N2)c(Cl)c1. The van der Waals surface area contributed by atoms with Gasteiger partial charge in [0.25, 0.3) is 0 Å². The molecule has 20 rings (SSSR count). The van der Waals surface area contributed by atoms with Gasteiger partial charge in [0.05, 0.1) is 71.7 Å². The van der Waals surface area contributed by atoms with E-state index in [1.165, 1.54) is 71.5 Å². The van der Waals surface area contributed by atoms with Crippen molar-refractivity contribution in [2.75, 3.05) is 26.4 Å². The minimum Gasteiger partial charge on any atom is -0.272 e. The van der Waals surface area contributed by atoms with Crippen LogP contribution in [0.4, 0.5) is 17.6 Å². The van der Waals surface area contributed by atoms with Gasteiger partial charge < -0.3 is 0 Å². The Hall–Kier alpha value is -12.6. The van der Waals surface area contributed by atoms with Gasteiger partial charge in [-0.2, -0.15) is 0 Å². The number of amidine groups is 4. The number of benzene rings is 10. The number of sulfone groups is 4. The minimum atomic E-state index is -4.47. The van der Waals surface area contributed by atoms with Gasteiger partial charge in [-0.05, 0) is 235 Å². The van der Waals surface area contributed by atoms with Crippen molar-refractivity contribution in [2.45, 2.75) is 182 Å². The highest BCUT2D eigenvalue weighted by molar-refractivity contribution is 7.92. The highest BCUT2D eigenvalue weighted by Crippen LogP contribution is 2.46. The molecule has 2 saturated carbocycles. The van der Waals surface area contributed by atoms with Crippen molar-refractivity contribution in [1.29, 1.82) is 0 Å². The van der Waals surface area contributed by atoms with Crippen molar-refractivity contribution in [2.24, 2.45) is 20.0 Å². The molecule has 14 aromatic rings. The van der Waals surface area contributed by atoms with Crippen molar-refractivity contribution in [3.8, 4) is 0 Å². The molecule has 4 aromatic heterocycles. The average Bonchev–Trinajstić information content (AvgIpc) is 1.66. The molecule has 6 aliphatic rings. The normalized spacial score (nSPS) is 17.1. The zero-order chi connectivity index (χ0) is 100. The standard InChI is InChI=1S/C30H28FN3O3S.C26H20Cl2FN3O3S.C25H26FN5O3S.C21H18Cl2FN5O3S/c1-18-10-11-21(19(2)14-18)15-22-17-37-34-30(33-22)28-24-6-3-4-8-25(24)32-16-27(28)38(35,36)26-9-5-7-23(29(26)31)20-12-13-20;1-15-9-10-16(20(28)11-15)12-17-14-35-32-26(31-17)24-18-5-2-3-7-21(18)30-13-23(24)36(33,34)22-8-4-6-19(27)25(22)29;1-14-7-8-18(15(2)11-14)12-19-13-34-31-24(28-19)23-25(30-29-16(3)27-23)35(32,33)21-6-4-5-20(22(21)26)17-9-10-17;1-11-6-7-13(16(23)8-11)9-14-10-32-29-20(26-14)19-21(28-27-12(2)25-19)33(30,31)17-5-3-4-15(22)18(17)24/h3-11,14,16,20,22H,12-13,15,17H2,1-2H3,(H,33,34);2-11,13,17H,12,14H2,1H3,(H,31,32);4-8,11,17,19H,9-10,12-13H2,1-3H3,(H,28,31);3-8,14H,9-10H2,1-2H3,(H,26,29). The summed E-state index contributed by atoms with van der Waals surface area (Å²) in [5.74, 6) is -2.31. The van der Waals surface area contributed by atoms with Crippen molar-refractivity contribution < 1.29 is 70.6 Å². The molecule has 0 bridgehead atoms. The maximum absolute atomic E-state index is 15.5. The lowest BCUT2D eigenvalue weighted by molar-refractivity contribution is 0.0620. The molecule has 732 valence electrons. The van der Waals surface area contributed by atoms with Gasteiger partial charge >= 0.3 is 0 Å². The third-order valence-electron chi connectivity index (χ3n) is 24.3. The van der Waals surface area contributed by atoms with Gasteiger partial charge in [0.15, 0.2) is 35.0 Å². The van der Waals surface area contributed by atoms with Crippen LogP contribution < -0.4 is 21.9 Å². The summed E-state index contributed by atoms with van der Waals surface area (Å²) in [6.07, 6.45) is 8.10. The summed E-state index contributed by atoms with van der Waals surface area (Å²) in [4.78, 5) is 56.2. The van der Waals surface area contributed by atoms with E-state index in [9.17, 15) is 42.5 Å². The number of rotatable bonds is 22. The van der Waals surface area contributed by atoms with E-state index in [1.54, 1.807) is 74.5 Å².